The number of hydrogen-bond donors (Lipinski definition) is 1. The van der Waals surface area contributed by atoms with Gasteiger partial charge in [0.15, 0.2) is 0 Å². The molecule has 3 nitrogen and oxygen atoms in total. The van der Waals surface area contributed by atoms with Crippen LogP contribution in [0.2, 0.25) is 0 Å². The van der Waals surface area contributed by atoms with Crippen LogP contribution in [-0.2, 0) is 13.1 Å². The molecule has 90 valence electrons. The van der Waals surface area contributed by atoms with Crippen LogP contribution in [0, 0.1) is 13.8 Å². The van der Waals surface area contributed by atoms with Crippen molar-refractivity contribution in [2.45, 2.75) is 26.9 Å². The standard InChI is InChI=1S/C13H15BrN2O/c1-9-5-11(3-4-13(9)14)7-15-8-12-6-10(2)17-16-12/h3-6,15H,7-8H2,1-2H3. The van der Waals surface area contributed by atoms with Gasteiger partial charge < -0.3 is 9.84 Å². The van der Waals surface area contributed by atoms with E-state index in [1.807, 2.05) is 13.0 Å². The van der Waals surface area contributed by atoms with Crippen molar-refractivity contribution in [1.82, 2.24) is 10.5 Å². The molecule has 0 fully saturated rings. The van der Waals surface area contributed by atoms with Gasteiger partial charge in [-0.2, -0.15) is 0 Å². The van der Waals surface area contributed by atoms with Crippen molar-refractivity contribution in [3.05, 3.63) is 51.3 Å². The van der Waals surface area contributed by atoms with Crippen molar-refractivity contribution >= 4 is 15.9 Å². The van der Waals surface area contributed by atoms with Gasteiger partial charge in [-0.15, -0.1) is 0 Å². The van der Waals surface area contributed by atoms with E-state index in [2.05, 4.69) is 51.5 Å². The molecule has 2 rings (SSSR count). The molecule has 0 aliphatic rings. The fraction of sp³-hybridized carbons (Fsp3) is 0.308. The number of aromatic nitrogens is 1. The van der Waals surface area contributed by atoms with Gasteiger partial charge in [0.05, 0.1) is 5.69 Å². The highest BCUT2D eigenvalue weighted by Crippen LogP contribution is 2.16. The Kier molecular flexibility index (Phi) is 3.97. The van der Waals surface area contributed by atoms with Crippen molar-refractivity contribution in [3.63, 3.8) is 0 Å². The predicted molar refractivity (Wildman–Crippen MR) is 70.7 cm³/mol. The number of benzene rings is 1. The lowest BCUT2D eigenvalue weighted by atomic mass is 10.1. The van der Waals surface area contributed by atoms with E-state index < -0.39 is 0 Å². The average Bonchev–Trinajstić information content (AvgIpc) is 2.70. The molecule has 0 radical (unpaired) electrons. The van der Waals surface area contributed by atoms with Crippen LogP contribution < -0.4 is 5.32 Å². The second-order valence-corrected chi connectivity index (χ2v) is 4.97. The topological polar surface area (TPSA) is 38.1 Å². The Morgan fingerprint density at radius 2 is 2.06 bits per heavy atom. The SMILES string of the molecule is Cc1cc(CNCc2ccc(Br)c(C)c2)no1. The monoisotopic (exact) mass is 294 g/mol. The summed E-state index contributed by atoms with van der Waals surface area (Å²) in [5, 5.41) is 7.27. The minimum Gasteiger partial charge on any atom is -0.361 e. The molecule has 2 aromatic rings. The summed E-state index contributed by atoms with van der Waals surface area (Å²) in [4.78, 5) is 0. The Labute approximate surface area is 109 Å². The molecular formula is C13H15BrN2O. The van der Waals surface area contributed by atoms with E-state index in [1.54, 1.807) is 0 Å². The van der Waals surface area contributed by atoms with E-state index in [0.717, 1.165) is 29.0 Å². The zero-order valence-corrected chi connectivity index (χ0v) is 11.5. The van der Waals surface area contributed by atoms with Gasteiger partial charge in [-0.3, -0.25) is 0 Å². The van der Waals surface area contributed by atoms with Gasteiger partial charge in [0, 0.05) is 23.6 Å². The quantitative estimate of drug-likeness (QED) is 0.940. The van der Waals surface area contributed by atoms with Crippen LogP contribution in [0.5, 0.6) is 0 Å². The minimum atomic E-state index is 0.729. The molecule has 0 bridgehead atoms. The fourth-order valence-corrected chi connectivity index (χ4v) is 1.90. The maximum atomic E-state index is 5.01. The third-order valence-electron chi connectivity index (χ3n) is 2.53. The van der Waals surface area contributed by atoms with Crippen molar-refractivity contribution in [1.29, 1.82) is 0 Å². The lowest BCUT2D eigenvalue weighted by Crippen LogP contribution is -2.12. The second-order valence-electron chi connectivity index (χ2n) is 4.12. The van der Waals surface area contributed by atoms with Crippen LogP contribution in [0.4, 0.5) is 0 Å². The second kappa shape index (κ2) is 5.47. The number of nitrogens with zero attached hydrogens (tertiary/aromatic N) is 1. The van der Waals surface area contributed by atoms with Crippen LogP contribution in [0.1, 0.15) is 22.6 Å². The number of aryl methyl sites for hydroxylation is 2. The summed E-state index contributed by atoms with van der Waals surface area (Å²) >= 11 is 3.49. The molecule has 0 saturated carbocycles. The van der Waals surface area contributed by atoms with Crippen LogP contribution in [0.3, 0.4) is 0 Å². The normalized spacial score (nSPS) is 10.8. The first-order valence-electron chi connectivity index (χ1n) is 5.53. The van der Waals surface area contributed by atoms with Crippen molar-refractivity contribution in [3.8, 4) is 0 Å². The van der Waals surface area contributed by atoms with Gasteiger partial charge in [0.25, 0.3) is 0 Å². The summed E-state index contributed by atoms with van der Waals surface area (Å²) in [6.07, 6.45) is 0. The summed E-state index contributed by atoms with van der Waals surface area (Å²) in [5.41, 5.74) is 3.46. The number of nitrogens with one attached hydrogen (secondary N) is 1. The average molecular weight is 295 g/mol. The van der Waals surface area contributed by atoms with Gasteiger partial charge in [0.1, 0.15) is 5.76 Å². The molecule has 4 heteroatoms. The van der Waals surface area contributed by atoms with Gasteiger partial charge in [-0.25, -0.2) is 0 Å². The maximum Gasteiger partial charge on any atom is 0.133 e. The fourth-order valence-electron chi connectivity index (χ4n) is 1.65. The molecule has 1 heterocycles. The van der Waals surface area contributed by atoms with E-state index >= 15 is 0 Å². The van der Waals surface area contributed by atoms with Gasteiger partial charge in [0.2, 0.25) is 0 Å². The van der Waals surface area contributed by atoms with Crippen LogP contribution in [0.15, 0.2) is 33.3 Å². The van der Waals surface area contributed by atoms with E-state index in [1.165, 1.54) is 11.1 Å². The Morgan fingerprint density at radius 1 is 1.24 bits per heavy atom. The lowest BCUT2D eigenvalue weighted by Gasteiger charge is -2.05. The predicted octanol–water partition coefficient (Wildman–Crippen LogP) is 3.34. The molecule has 0 amide bonds. The molecule has 0 atom stereocenters. The van der Waals surface area contributed by atoms with Crippen molar-refractivity contribution in [2.75, 3.05) is 0 Å². The Morgan fingerprint density at radius 3 is 2.71 bits per heavy atom. The highest BCUT2D eigenvalue weighted by atomic mass is 79.9. The first-order chi connectivity index (χ1) is 8.15. The third-order valence-corrected chi connectivity index (χ3v) is 3.42. The molecule has 1 aromatic heterocycles. The van der Waals surface area contributed by atoms with Crippen molar-refractivity contribution < 1.29 is 4.52 Å². The summed E-state index contributed by atoms with van der Waals surface area (Å²) in [5.74, 6) is 0.848. The molecule has 1 aromatic carbocycles. The Hall–Kier alpha value is -1.13. The number of hydrogen-bond acceptors (Lipinski definition) is 3. The first kappa shape index (κ1) is 12.3. The first-order valence-corrected chi connectivity index (χ1v) is 6.32. The molecule has 0 aliphatic heterocycles. The minimum absolute atomic E-state index is 0.729. The molecule has 1 N–H and O–H groups in total. The summed E-state index contributed by atoms with van der Waals surface area (Å²) < 4.78 is 6.15. The Balaban J connectivity index is 1.87. The highest BCUT2D eigenvalue weighted by Gasteiger charge is 2.00. The zero-order valence-electron chi connectivity index (χ0n) is 9.96. The smallest absolute Gasteiger partial charge is 0.133 e. The van der Waals surface area contributed by atoms with E-state index in [0.29, 0.717) is 0 Å². The van der Waals surface area contributed by atoms with E-state index in [-0.39, 0.29) is 0 Å². The van der Waals surface area contributed by atoms with Crippen LogP contribution in [-0.4, -0.2) is 5.16 Å². The molecule has 0 saturated heterocycles. The lowest BCUT2D eigenvalue weighted by molar-refractivity contribution is 0.388. The van der Waals surface area contributed by atoms with Gasteiger partial charge in [-0.1, -0.05) is 33.2 Å². The Bertz CT molecular complexity index is 508. The molecule has 0 aliphatic carbocycles. The number of rotatable bonds is 4. The van der Waals surface area contributed by atoms with Crippen LogP contribution >= 0.6 is 15.9 Å². The molecule has 17 heavy (non-hydrogen) atoms. The number of halogens is 1. The summed E-state index contributed by atoms with van der Waals surface area (Å²) in [6, 6.07) is 8.30. The zero-order chi connectivity index (χ0) is 12.3. The summed E-state index contributed by atoms with van der Waals surface area (Å²) in [7, 11) is 0. The van der Waals surface area contributed by atoms with E-state index in [4.69, 9.17) is 4.52 Å². The van der Waals surface area contributed by atoms with Gasteiger partial charge in [-0.05, 0) is 31.0 Å². The molecule has 0 unspecified atom stereocenters. The molecule has 0 spiro atoms. The van der Waals surface area contributed by atoms with E-state index in [9.17, 15) is 0 Å². The maximum absolute atomic E-state index is 5.01. The largest absolute Gasteiger partial charge is 0.361 e. The van der Waals surface area contributed by atoms with Crippen molar-refractivity contribution in [2.24, 2.45) is 0 Å². The molecular weight excluding hydrogens is 280 g/mol. The third kappa shape index (κ3) is 3.41. The van der Waals surface area contributed by atoms with Crippen LogP contribution in [0.25, 0.3) is 0 Å². The highest BCUT2D eigenvalue weighted by molar-refractivity contribution is 9.10. The van der Waals surface area contributed by atoms with Gasteiger partial charge >= 0.3 is 0 Å². The summed E-state index contributed by atoms with van der Waals surface area (Å²) in [6.45, 7) is 5.55.